The van der Waals surface area contributed by atoms with Gasteiger partial charge >= 0.3 is 0 Å². The maximum atomic E-state index is 13.3. The predicted molar refractivity (Wildman–Crippen MR) is 55.5 cm³/mol. The number of ketones is 1. The summed E-state index contributed by atoms with van der Waals surface area (Å²) in [7, 11) is 0. The molecule has 1 aromatic heterocycles. The third-order valence-electron chi connectivity index (χ3n) is 2.70. The van der Waals surface area contributed by atoms with E-state index < -0.39 is 11.9 Å². The lowest BCUT2D eigenvalue weighted by molar-refractivity contribution is 0.0401. The minimum atomic E-state index is -0.604. The molecule has 0 aromatic carbocycles. The van der Waals surface area contributed by atoms with Gasteiger partial charge in [-0.2, -0.15) is 0 Å². The average Bonchev–Trinajstić information content (AvgIpc) is 2.77. The summed E-state index contributed by atoms with van der Waals surface area (Å²) in [6.07, 6.45) is 3.13. The van der Waals surface area contributed by atoms with Crippen molar-refractivity contribution >= 4 is 5.78 Å². The van der Waals surface area contributed by atoms with Gasteiger partial charge in [0.25, 0.3) is 0 Å². The molecule has 5 heteroatoms. The standard InChI is InChI=1S/C11H13FN2O2/c12-9-6-14-4-3-8(9)11(15)10-2-1-7(5-13)16-10/h3-4,6-7,10H,1-2,5,13H2. The van der Waals surface area contributed by atoms with E-state index >= 15 is 0 Å². The summed E-state index contributed by atoms with van der Waals surface area (Å²) in [6.45, 7) is 0.391. The summed E-state index contributed by atoms with van der Waals surface area (Å²) in [4.78, 5) is 15.5. The number of Topliss-reactive ketones (excluding diaryl/α,β-unsaturated/α-hetero) is 1. The fourth-order valence-electron chi connectivity index (χ4n) is 1.82. The van der Waals surface area contributed by atoms with E-state index in [9.17, 15) is 9.18 Å². The summed E-state index contributed by atoms with van der Waals surface area (Å²) in [5.74, 6) is -0.928. The van der Waals surface area contributed by atoms with Gasteiger partial charge < -0.3 is 10.5 Å². The molecule has 0 spiro atoms. The second-order valence-corrected chi connectivity index (χ2v) is 3.78. The van der Waals surface area contributed by atoms with Crippen molar-refractivity contribution in [1.29, 1.82) is 0 Å². The van der Waals surface area contributed by atoms with Gasteiger partial charge in [-0.25, -0.2) is 4.39 Å². The van der Waals surface area contributed by atoms with Gasteiger partial charge in [0.05, 0.1) is 17.9 Å². The van der Waals surface area contributed by atoms with Crippen LogP contribution < -0.4 is 5.73 Å². The van der Waals surface area contributed by atoms with Crippen LogP contribution in [0.25, 0.3) is 0 Å². The van der Waals surface area contributed by atoms with Crippen LogP contribution >= 0.6 is 0 Å². The van der Waals surface area contributed by atoms with Gasteiger partial charge in [0.2, 0.25) is 0 Å². The van der Waals surface area contributed by atoms with Crippen LogP contribution in [0.15, 0.2) is 18.5 Å². The highest BCUT2D eigenvalue weighted by Crippen LogP contribution is 2.22. The number of ether oxygens (including phenoxy) is 1. The molecule has 1 aromatic rings. The highest BCUT2D eigenvalue weighted by Gasteiger charge is 2.31. The molecule has 4 nitrogen and oxygen atoms in total. The van der Waals surface area contributed by atoms with Crippen LogP contribution in [-0.4, -0.2) is 29.5 Å². The van der Waals surface area contributed by atoms with E-state index in [1.165, 1.54) is 12.3 Å². The van der Waals surface area contributed by atoms with Gasteiger partial charge in [-0.05, 0) is 18.9 Å². The first-order chi connectivity index (χ1) is 7.72. The minimum absolute atomic E-state index is 0.0395. The van der Waals surface area contributed by atoms with Crippen LogP contribution in [0.1, 0.15) is 23.2 Å². The van der Waals surface area contributed by atoms with Crippen LogP contribution in [0, 0.1) is 5.82 Å². The number of carbonyl (C=O) groups excluding carboxylic acids is 1. The van der Waals surface area contributed by atoms with Crippen molar-refractivity contribution in [3.63, 3.8) is 0 Å². The SMILES string of the molecule is NCC1CCC(C(=O)c2ccncc2F)O1. The molecule has 0 radical (unpaired) electrons. The molecule has 2 heterocycles. The topological polar surface area (TPSA) is 65.2 Å². The van der Waals surface area contributed by atoms with Gasteiger partial charge in [0.1, 0.15) is 6.10 Å². The Morgan fingerprint density at radius 1 is 1.62 bits per heavy atom. The third kappa shape index (κ3) is 2.10. The first kappa shape index (κ1) is 11.2. The molecule has 0 aliphatic carbocycles. The monoisotopic (exact) mass is 224 g/mol. The van der Waals surface area contributed by atoms with Gasteiger partial charge in [-0.15, -0.1) is 0 Å². The number of pyridine rings is 1. The van der Waals surface area contributed by atoms with Crippen LogP contribution in [0.5, 0.6) is 0 Å². The largest absolute Gasteiger partial charge is 0.366 e. The van der Waals surface area contributed by atoms with Gasteiger partial charge in [-0.3, -0.25) is 9.78 Å². The maximum Gasteiger partial charge on any atom is 0.194 e. The fraction of sp³-hybridized carbons (Fsp3) is 0.455. The molecule has 1 fully saturated rings. The fourth-order valence-corrected chi connectivity index (χ4v) is 1.82. The van der Waals surface area contributed by atoms with Crippen LogP contribution in [0.2, 0.25) is 0 Å². The molecule has 1 saturated heterocycles. The molecule has 2 rings (SSSR count). The Balaban J connectivity index is 2.12. The van der Waals surface area contributed by atoms with Crippen molar-refractivity contribution in [2.45, 2.75) is 25.0 Å². The van der Waals surface area contributed by atoms with E-state index in [0.29, 0.717) is 13.0 Å². The second-order valence-electron chi connectivity index (χ2n) is 3.78. The molecular formula is C11H13FN2O2. The van der Waals surface area contributed by atoms with E-state index in [1.807, 2.05) is 0 Å². The van der Waals surface area contributed by atoms with Crippen molar-refractivity contribution in [2.75, 3.05) is 6.54 Å². The maximum absolute atomic E-state index is 13.3. The molecule has 1 aliphatic heterocycles. The number of nitrogens with zero attached hydrogens (tertiary/aromatic N) is 1. The molecule has 0 saturated carbocycles. The molecule has 0 bridgehead atoms. The Kier molecular flexibility index (Phi) is 3.26. The quantitative estimate of drug-likeness (QED) is 0.775. The highest BCUT2D eigenvalue weighted by atomic mass is 19.1. The normalized spacial score (nSPS) is 24.6. The summed E-state index contributed by atoms with van der Waals surface area (Å²) in [5, 5.41) is 0. The Morgan fingerprint density at radius 3 is 3.06 bits per heavy atom. The Labute approximate surface area is 92.6 Å². The van der Waals surface area contributed by atoms with Crippen molar-refractivity contribution in [3.05, 3.63) is 29.8 Å². The number of carbonyl (C=O) groups is 1. The number of nitrogens with two attached hydrogens (primary N) is 1. The van der Waals surface area contributed by atoms with E-state index in [0.717, 1.165) is 12.6 Å². The Morgan fingerprint density at radius 2 is 2.44 bits per heavy atom. The van der Waals surface area contributed by atoms with E-state index in [-0.39, 0.29) is 17.5 Å². The van der Waals surface area contributed by atoms with E-state index in [1.54, 1.807) is 0 Å². The Bertz CT molecular complexity index is 397. The van der Waals surface area contributed by atoms with E-state index in [4.69, 9.17) is 10.5 Å². The highest BCUT2D eigenvalue weighted by molar-refractivity contribution is 5.99. The lowest BCUT2D eigenvalue weighted by atomic mass is 10.0. The Hall–Kier alpha value is -1.33. The summed E-state index contributed by atoms with van der Waals surface area (Å²) in [6, 6.07) is 1.37. The molecule has 0 amide bonds. The van der Waals surface area contributed by atoms with Gasteiger partial charge in [0, 0.05) is 12.7 Å². The number of hydrogen-bond donors (Lipinski definition) is 1. The number of aromatic nitrogens is 1. The molecule has 16 heavy (non-hydrogen) atoms. The first-order valence-electron chi connectivity index (χ1n) is 5.21. The summed E-state index contributed by atoms with van der Waals surface area (Å²) < 4.78 is 18.7. The number of hydrogen-bond acceptors (Lipinski definition) is 4. The average molecular weight is 224 g/mol. The van der Waals surface area contributed by atoms with Crippen molar-refractivity contribution in [3.8, 4) is 0 Å². The van der Waals surface area contributed by atoms with Gasteiger partial charge in [-0.1, -0.05) is 0 Å². The third-order valence-corrected chi connectivity index (χ3v) is 2.70. The molecule has 2 atom stereocenters. The molecule has 2 N–H and O–H groups in total. The molecule has 2 unspecified atom stereocenters. The minimum Gasteiger partial charge on any atom is -0.366 e. The number of rotatable bonds is 3. The zero-order chi connectivity index (χ0) is 11.5. The van der Waals surface area contributed by atoms with Crippen LogP contribution in [0.3, 0.4) is 0 Å². The molecule has 86 valence electrons. The summed E-state index contributed by atoms with van der Waals surface area (Å²) in [5.41, 5.74) is 5.48. The molecule has 1 aliphatic rings. The lowest BCUT2D eigenvalue weighted by Crippen LogP contribution is -2.25. The lowest BCUT2D eigenvalue weighted by Gasteiger charge is -2.11. The van der Waals surface area contributed by atoms with Crippen molar-refractivity contribution < 1.29 is 13.9 Å². The van der Waals surface area contributed by atoms with Crippen molar-refractivity contribution in [2.24, 2.45) is 5.73 Å². The predicted octanol–water partition coefficient (Wildman–Crippen LogP) is 0.910. The van der Waals surface area contributed by atoms with Crippen molar-refractivity contribution in [1.82, 2.24) is 4.98 Å². The number of halogens is 1. The van der Waals surface area contributed by atoms with Crippen LogP contribution in [-0.2, 0) is 4.74 Å². The molecular weight excluding hydrogens is 211 g/mol. The second kappa shape index (κ2) is 4.67. The van der Waals surface area contributed by atoms with E-state index in [2.05, 4.69) is 4.98 Å². The zero-order valence-electron chi connectivity index (χ0n) is 8.73. The first-order valence-corrected chi connectivity index (χ1v) is 5.21. The smallest absolute Gasteiger partial charge is 0.194 e. The summed E-state index contributed by atoms with van der Waals surface area (Å²) >= 11 is 0. The zero-order valence-corrected chi connectivity index (χ0v) is 8.73. The van der Waals surface area contributed by atoms with Gasteiger partial charge in [0.15, 0.2) is 11.6 Å². The van der Waals surface area contributed by atoms with Crippen LogP contribution in [0.4, 0.5) is 4.39 Å².